The molecule has 0 radical (unpaired) electrons. The predicted octanol–water partition coefficient (Wildman–Crippen LogP) is 0.736. The highest BCUT2D eigenvalue weighted by Gasteiger charge is 2.50. The molecule has 1 amide bonds. The number of guanidine groups is 1. The Morgan fingerprint density at radius 3 is 3.13 bits per heavy atom. The molecule has 2 heterocycles. The van der Waals surface area contributed by atoms with E-state index >= 15 is 0 Å². The van der Waals surface area contributed by atoms with Crippen LogP contribution in [0.15, 0.2) is 4.99 Å². The summed E-state index contributed by atoms with van der Waals surface area (Å²) < 4.78 is 0. The lowest BCUT2D eigenvalue weighted by molar-refractivity contribution is -0.124. The fourth-order valence-corrected chi connectivity index (χ4v) is 3.41. The fraction of sp³-hybridized carbons (Fsp3) is 0.800. The Hall–Kier alpha value is -0.710. The Morgan fingerprint density at radius 2 is 2.47 bits per heavy atom. The molecular formula is C10H17N3OS. The molecule has 0 aromatic carbocycles. The molecule has 84 valence electrons. The maximum absolute atomic E-state index is 12.0. The van der Waals surface area contributed by atoms with E-state index in [4.69, 9.17) is 0 Å². The monoisotopic (exact) mass is 227 g/mol. The Morgan fingerprint density at radius 1 is 1.67 bits per heavy atom. The van der Waals surface area contributed by atoms with Crippen molar-refractivity contribution in [1.82, 2.24) is 10.6 Å². The van der Waals surface area contributed by atoms with Crippen LogP contribution in [0.5, 0.6) is 0 Å². The van der Waals surface area contributed by atoms with Gasteiger partial charge in [-0.2, -0.15) is 11.8 Å². The van der Waals surface area contributed by atoms with Crippen LogP contribution >= 0.6 is 11.8 Å². The van der Waals surface area contributed by atoms with Gasteiger partial charge in [-0.15, -0.1) is 0 Å². The van der Waals surface area contributed by atoms with Crippen molar-refractivity contribution in [3.63, 3.8) is 0 Å². The van der Waals surface area contributed by atoms with Gasteiger partial charge in [-0.1, -0.05) is 6.92 Å². The number of hydrogen-bond donors (Lipinski definition) is 2. The molecular weight excluding hydrogens is 210 g/mol. The molecule has 2 N–H and O–H groups in total. The fourth-order valence-electron chi connectivity index (χ4n) is 2.17. The van der Waals surface area contributed by atoms with E-state index in [0.717, 1.165) is 18.6 Å². The number of hydrogen-bond acceptors (Lipinski definition) is 3. The van der Waals surface area contributed by atoms with Crippen LogP contribution in [0.3, 0.4) is 0 Å². The quantitative estimate of drug-likeness (QED) is 0.694. The average molecular weight is 227 g/mol. The van der Waals surface area contributed by atoms with Gasteiger partial charge in [0.25, 0.3) is 5.91 Å². The van der Waals surface area contributed by atoms with Crippen LogP contribution < -0.4 is 10.6 Å². The SMILES string of the molecule is CCN=C1NC(=O)C2(CCCSC2C)N1. The molecule has 0 aliphatic carbocycles. The Kier molecular flexibility index (Phi) is 2.91. The molecule has 2 rings (SSSR count). The first kappa shape index (κ1) is 10.8. The van der Waals surface area contributed by atoms with E-state index in [1.807, 2.05) is 18.7 Å². The van der Waals surface area contributed by atoms with Gasteiger partial charge in [0.05, 0.1) is 0 Å². The van der Waals surface area contributed by atoms with Crippen molar-refractivity contribution < 1.29 is 4.79 Å². The van der Waals surface area contributed by atoms with E-state index in [-0.39, 0.29) is 5.91 Å². The van der Waals surface area contributed by atoms with Crippen LogP contribution in [0.2, 0.25) is 0 Å². The lowest BCUT2D eigenvalue weighted by Crippen LogP contribution is -2.55. The summed E-state index contributed by atoms with van der Waals surface area (Å²) >= 11 is 1.86. The summed E-state index contributed by atoms with van der Waals surface area (Å²) in [5.74, 6) is 1.89. The first-order chi connectivity index (χ1) is 7.19. The lowest BCUT2D eigenvalue weighted by Gasteiger charge is -2.36. The van der Waals surface area contributed by atoms with E-state index in [1.165, 1.54) is 0 Å². The molecule has 2 aliphatic rings. The van der Waals surface area contributed by atoms with Crippen molar-refractivity contribution in [2.75, 3.05) is 12.3 Å². The van der Waals surface area contributed by atoms with Crippen molar-refractivity contribution >= 4 is 23.6 Å². The first-order valence-electron chi connectivity index (χ1n) is 5.45. The minimum absolute atomic E-state index is 0.0920. The summed E-state index contributed by atoms with van der Waals surface area (Å²) in [6.07, 6.45) is 2.00. The Bertz CT molecular complexity index is 305. The predicted molar refractivity (Wildman–Crippen MR) is 63.1 cm³/mol. The van der Waals surface area contributed by atoms with Crippen molar-refractivity contribution in [3.05, 3.63) is 0 Å². The third-order valence-corrected chi connectivity index (χ3v) is 4.50. The normalized spacial score (nSPS) is 38.1. The number of thioether (sulfide) groups is 1. The molecule has 0 aromatic heterocycles. The zero-order valence-corrected chi connectivity index (χ0v) is 9.99. The van der Waals surface area contributed by atoms with Crippen LogP contribution in [-0.4, -0.2) is 35.0 Å². The maximum atomic E-state index is 12.0. The van der Waals surface area contributed by atoms with Gasteiger partial charge in [-0.05, 0) is 25.5 Å². The molecule has 5 heteroatoms. The minimum Gasteiger partial charge on any atom is -0.341 e. The van der Waals surface area contributed by atoms with E-state index in [9.17, 15) is 4.79 Å². The van der Waals surface area contributed by atoms with Crippen molar-refractivity contribution in [2.24, 2.45) is 4.99 Å². The smallest absolute Gasteiger partial charge is 0.253 e. The second-order valence-electron chi connectivity index (χ2n) is 3.99. The molecule has 2 atom stereocenters. The molecule has 2 saturated heterocycles. The number of nitrogens with zero attached hydrogens (tertiary/aromatic N) is 1. The highest BCUT2D eigenvalue weighted by molar-refractivity contribution is 8.00. The van der Waals surface area contributed by atoms with Crippen LogP contribution in [-0.2, 0) is 4.79 Å². The third-order valence-electron chi connectivity index (χ3n) is 3.07. The second-order valence-corrected chi connectivity index (χ2v) is 5.44. The summed E-state index contributed by atoms with van der Waals surface area (Å²) in [6.45, 7) is 4.77. The number of aliphatic imine (C=N–C) groups is 1. The molecule has 15 heavy (non-hydrogen) atoms. The molecule has 2 aliphatic heterocycles. The van der Waals surface area contributed by atoms with Crippen molar-refractivity contribution in [3.8, 4) is 0 Å². The molecule has 2 fully saturated rings. The van der Waals surface area contributed by atoms with E-state index < -0.39 is 5.54 Å². The zero-order chi connectivity index (χ0) is 10.9. The van der Waals surface area contributed by atoms with E-state index in [0.29, 0.717) is 17.8 Å². The van der Waals surface area contributed by atoms with Gasteiger partial charge in [0.15, 0.2) is 5.96 Å². The molecule has 0 bridgehead atoms. The lowest BCUT2D eigenvalue weighted by atomic mass is 9.90. The van der Waals surface area contributed by atoms with Gasteiger partial charge >= 0.3 is 0 Å². The number of amides is 1. The van der Waals surface area contributed by atoms with E-state index in [2.05, 4.69) is 22.5 Å². The van der Waals surface area contributed by atoms with Gasteiger partial charge in [-0.3, -0.25) is 15.1 Å². The summed E-state index contributed by atoms with van der Waals surface area (Å²) in [6, 6.07) is 0. The second kappa shape index (κ2) is 4.04. The van der Waals surface area contributed by atoms with Gasteiger partial charge in [0, 0.05) is 11.8 Å². The van der Waals surface area contributed by atoms with Crippen LogP contribution in [0.1, 0.15) is 26.7 Å². The molecule has 0 saturated carbocycles. The standard InChI is InChI=1S/C10H17N3OS/c1-3-11-9-12-8(14)10(13-9)5-4-6-15-7(10)2/h7H,3-6H2,1-2H3,(H2,11,12,13,14). The number of carbonyl (C=O) groups is 1. The third kappa shape index (κ3) is 1.73. The largest absolute Gasteiger partial charge is 0.341 e. The minimum atomic E-state index is -0.406. The zero-order valence-electron chi connectivity index (χ0n) is 9.17. The summed E-state index contributed by atoms with van der Waals surface area (Å²) in [5.41, 5.74) is -0.406. The summed E-state index contributed by atoms with van der Waals surface area (Å²) in [7, 11) is 0. The highest BCUT2D eigenvalue weighted by Crippen LogP contribution is 2.35. The average Bonchev–Trinajstić information content (AvgIpc) is 2.50. The number of nitrogens with one attached hydrogen (secondary N) is 2. The van der Waals surface area contributed by atoms with Crippen LogP contribution in [0.25, 0.3) is 0 Å². The van der Waals surface area contributed by atoms with Crippen molar-refractivity contribution in [1.29, 1.82) is 0 Å². The van der Waals surface area contributed by atoms with Crippen LogP contribution in [0.4, 0.5) is 0 Å². The summed E-state index contributed by atoms with van der Waals surface area (Å²) in [4.78, 5) is 16.2. The topological polar surface area (TPSA) is 53.5 Å². The molecule has 2 unspecified atom stereocenters. The number of rotatable bonds is 1. The van der Waals surface area contributed by atoms with Crippen molar-refractivity contribution in [2.45, 2.75) is 37.5 Å². The van der Waals surface area contributed by atoms with E-state index in [1.54, 1.807) is 0 Å². The number of carbonyl (C=O) groups excluding carboxylic acids is 1. The van der Waals surface area contributed by atoms with Gasteiger partial charge in [0.2, 0.25) is 0 Å². The van der Waals surface area contributed by atoms with Crippen LogP contribution in [0, 0.1) is 0 Å². The first-order valence-corrected chi connectivity index (χ1v) is 6.49. The maximum Gasteiger partial charge on any atom is 0.253 e. The highest BCUT2D eigenvalue weighted by atomic mass is 32.2. The Labute approximate surface area is 94.3 Å². The molecule has 4 nitrogen and oxygen atoms in total. The Balaban J connectivity index is 2.21. The molecule has 1 spiro atoms. The molecule has 0 aromatic rings. The van der Waals surface area contributed by atoms with Gasteiger partial charge in [0.1, 0.15) is 5.54 Å². The summed E-state index contributed by atoms with van der Waals surface area (Å²) in [5, 5.41) is 6.42. The van der Waals surface area contributed by atoms with Gasteiger partial charge in [-0.25, -0.2) is 0 Å². The van der Waals surface area contributed by atoms with Gasteiger partial charge < -0.3 is 5.32 Å².